The maximum Gasteiger partial charge on any atom is 0.430 e. The second kappa shape index (κ2) is 18.8. The topological polar surface area (TPSA) is 202 Å². The monoisotopic (exact) mass is 894 g/mol. The van der Waals surface area contributed by atoms with Crippen LogP contribution in [0.25, 0.3) is 0 Å². The molecule has 8 rings (SSSR count). The van der Waals surface area contributed by atoms with Crippen LogP contribution in [0.1, 0.15) is 40.5 Å². The Morgan fingerprint density at radius 1 is 1.02 bits per heavy atom. The molecule has 62 heavy (non-hydrogen) atoms. The fourth-order valence-corrected chi connectivity index (χ4v) is 10.0. The number of carboxylic acid groups (broad SMARTS) is 2. The van der Waals surface area contributed by atoms with E-state index in [1.165, 1.54) is 7.11 Å². The van der Waals surface area contributed by atoms with Crippen molar-refractivity contribution in [3.63, 3.8) is 0 Å². The zero-order chi connectivity index (χ0) is 46.1. The number of nitrogens with zero attached hydrogens (tertiary/aromatic N) is 1. The number of aliphatic carboxylic acids is 2. The van der Waals surface area contributed by atoms with Crippen LogP contribution in [0.2, 0.25) is 0 Å². The van der Waals surface area contributed by atoms with Gasteiger partial charge in [-0.25, -0.2) is 14.4 Å². The number of hydrogen-bond donors (Lipinski definition) is 2. The van der Waals surface area contributed by atoms with Gasteiger partial charge in [-0.05, 0) is 32.3 Å². The maximum absolute atomic E-state index is 13.7. The zero-order valence-corrected chi connectivity index (χ0v) is 34.7. The third-order valence-electron chi connectivity index (χ3n) is 13.2. The van der Waals surface area contributed by atoms with Gasteiger partial charge in [0.25, 0.3) is 0 Å². The largest absolute Gasteiger partial charge is 0.542 e. The van der Waals surface area contributed by atoms with Crippen molar-refractivity contribution in [2.24, 2.45) is 29.6 Å². The summed E-state index contributed by atoms with van der Waals surface area (Å²) in [4.78, 5) is 59.4. The number of piperazine rings is 3. The molecule has 0 unspecified atom stereocenters. The predicted molar refractivity (Wildman–Crippen MR) is 195 cm³/mol. The van der Waals surface area contributed by atoms with Crippen molar-refractivity contribution in [3.8, 4) is 0 Å². The lowest BCUT2D eigenvalue weighted by Gasteiger charge is -2.49. The van der Waals surface area contributed by atoms with Gasteiger partial charge in [-0.2, -0.15) is 26.3 Å². The summed E-state index contributed by atoms with van der Waals surface area (Å²) < 4.78 is 95.0. The number of rotatable bonds is 7. The van der Waals surface area contributed by atoms with Gasteiger partial charge in [-0.1, -0.05) is 50.3 Å². The van der Waals surface area contributed by atoms with E-state index in [1.807, 2.05) is 32.9 Å². The molecule has 0 aromatic carbocycles. The van der Waals surface area contributed by atoms with Gasteiger partial charge in [0.2, 0.25) is 0 Å². The molecule has 5 fully saturated rings. The van der Waals surface area contributed by atoms with Gasteiger partial charge in [0.05, 0.1) is 6.10 Å². The summed E-state index contributed by atoms with van der Waals surface area (Å²) in [5.41, 5.74) is 0.529. The van der Waals surface area contributed by atoms with E-state index in [-0.39, 0.29) is 47.9 Å². The lowest BCUT2D eigenvalue weighted by Crippen LogP contribution is -3.19. The van der Waals surface area contributed by atoms with Crippen molar-refractivity contribution >= 4 is 29.8 Å². The van der Waals surface area contributed by atoms with Gasteiger partial charge in [0, 0.05) is 42.3 Å². The maximum atomic E-state index is 13.7. The summed E-state index contributed by atoms with van der Waals surface area (Å²) in [6.07, 6.45) is -2.18. The first-order valence-corrected chi connectivity index (χ1v) is 20.3. The first-order chi connectivity index (χ1) is 28.8. The lowest BCUT2D eigenvalue weighted by molar-refractivity contribution is -1.07. The summed E-state index contributed by atoms with van der Waals surface area (Å²) >= 11 is 0. The van der Waals surface area contributed by atoms with E-state index in [0.717, 1.165) is 49.3 Å². The average Bonchev–Trinajstić information content (AvgIpc) is 3.80. The van der Waals surface area contributed by atoms with Gasteiger partial charge < -0.3 is 58.0 Å². The van der Waals surface area contributed by atoms with Crippen LogP contribution in [-0.2, 0) is 47.7 Å². The molecule has 8 aliphatic rings. The molecule has 5 aliphatic heterocycles. The Balaban J connectivity index is 0.000000448. The van der Waals surface area contributed by atoms with Crippen molar-refractivity contribution in [1.29, 1.82) is 0 Å². The van der Waals surface area contributed by atoms with Crippen LogP contribution < -0.4 is 15.1 Å². The second-order valence-corrected chi connectivity index (χ2v) is 17.0. The van der Waals surface area contributed by atoms with Crippen molar-refractivity contribution in [3.05, 3.63) is 47.6 Å². The van der Waals surface area contributed by atoms with Crippen LogP contribution in [-0.4, -0.2) is 147 Å². The predicted octanol–water partition coefficient (Wildman–Crippen LogP) is -0.478. The number of hydrogen-bond acceptors (Lipinski definition) is 13. The van der Waals surface area contributed by atoms with E-state index >= 15 is 0 Å². The molecule has 3 aliphatic carbocycles. The second-order valence-electron chi connectivity index (χ2n) is 17.0. The average molecular weight is 895 g/mol. The molecule has 0 amide bonds. The molecular weight excluding hydrogens is 842 g/mol. The normalized spacial score (nSPS) is 38.3. The number of allylic oxidation sites excluding steroid dienone is 3. The Kier molecular flexibility index (Phi) is 14.8. The van der Waals surface area contributed by atoms with Crippen LogP contribution in [0, 0.1) is 29.6 Å². The summed E-state index contributed by atoms with van der Waals surface area (Å²) in [5, 5.41) is 29.5. The number of aliphatic hydroxyl groups excluding tert-OH is 1. The third kappa shape index (κ3) is 10.2. The highest BCUT2D eigenvalue weighted by Gasteiger charge is 2.69. The van der Waals surface area contributed by atoms with Gasteiger partial charge >= 0.3 is 30.3 Å². The van der Waals surface area contributed by atoms with Gasteiger partial charge in [0.15, 0.2) is 12.6 Å². The minimum Gasteiger partial charge on any atom is -0.542 e. The number of cyclic esters (lactones) is 1. The van der Waals surface area contributed by atoms with Crippen LogP contribution in [0.15, 0.2) is 47.6 Å². The van der Waals surface area contributed by atoms with Gasteiger partial charge in [0.1, 0.15) is 81.2 Å². The minimum absolute atomic E-state index is 0.183. The van der Waals surface area contributed by atoms with Crippen LogP contribution in [0.3, 0.4) is 0 Å². The number of carboxylic acids is 2. The molecule has 0 radical (unpaired) electrons. The number of carbonyl (C=O) groups excluding carboxylic acids is 5. The molecule has 1 saturated carbocycles. The molecule has 346 valence electrons. The zero-order valence-electron chi connectivity index (χ0n) is 34.7. The molecule has 0 aromatic rings. The van der Waals surface area contributed by atoms with E-state index in [1.54, 1.807) is 17.9 Å². The highest BCUT2D eigenvalue weighted by molar-refractivity contribution is 5.90. The lowest BCUT2D eigenvalue weighted by atomic mass is 9.57. The number of quaternary nitrogens is 2. The van der Waals surface area contributed by atoms with Gasteiger partial charge in [-0.3, -0.25) is 0 Å². The van der Waals surface area contributed by atoms with E-state index in [2.05, 4.69) is 18.2 Å². The van der Waals surface area contributed by atoms with Crippen LogP contribution in [0.4, 0.5) is 26.3 Å². The molecule has 4 saturated heterocycles. The summed E-state index contributed by atoms with van der Waals surface area (Å²) in [7, 11) is 1.49. The quantitative estimate of drug-likeness (QED) is 0.109. The van der Waals surface area contributed by atoms with Crippen molar-refractivity contribution < 1.29 is 98.7 Å². The molecule has 6 bridgehead atoms. The van der Waals surface area contributed by atoms with Crippen LogP contribution >= 0.6 is 0 Å². The Morgan fingerprint density at radius 2 is 1.60 bits per heavy atom. The number of alkyl halides is 6. The Labute approximate surface area is 353 Å². The fraction of sp³-hybridized carbons (Fsp3) is 0.683. The fourth-order valence-electron chi connectivity index (χ4n) is 10.0. The Hall–Kier alpha value is -4.31. The molecule has 15 nitrogen and oxygen atoms in total. The van der Waals surface area contributed by atoms with Crippen LogP contribution in [0.5, 0.6) is 0 Å². The Bertz CT molecular complexity index is 1800. The number of nitrogens with one attached hydrogen (secondary N) is 1. The number of methoxy groups -OCH3 is 1. The first kappa shape index (κ1) is 48.7. The molecule has 21 heteroatoms. The standard InChI is InChI=1S/C37H51N2O9.2C2HF3O2/c1-21-18-22(2)37-26(10-11-27-30(37)31(41)23(3)33(34(27)48-37)47-35(42)25-8-6-7-9-25)19-28(44-5)36(43)46-32(21)24(4)45-29(40)20-39-15-12-38(13-16-39)14-17-39;2*3-2(4,5)1(6)7/h6-8,10-11,18,21,23-24,26-28,30-34,41H,9,12-17,19-20H2,1-5H3;2*(H,6,7)/q+1;;/p-1/b22-18+;;/t21-,23-,24-,26-,27-,28+,30+,31-,32+,33-,34-,37+;;/m1../s1. The van der Waals surface area contributed by atoms with Gasteiger partial charge in [-0.15, -0.1) is 0 Å². The van der Waals surface area contributed by atoms with Crippen molar-refractivity contribution in [2.45, 2.75) is 95.1 Å². The summed E-state index contributed by atoms with van der Waals surface area (Å²) in [6, 6.07) is 0. The van der Waals surface area contributed by atoms with Crippen molar-refractivity contribution in [2.75, 3.05) is 52.9 Å². The molecule has 1 spiro atoms. The number of esters is 3. The SMILES string of the molecule is CO[C@H]1C[C@H]2C=C[C@H]3[C@H]4O[C@]2(/C(C)=C/[C@@H](C)[C@@H]([C@@H](C)OC(=O)C[N+]25CC[NH+](CC2)CC5)OC1=O)[C@@H]3[C@H](O)[C@@H](C)[C@H]4OC(=O)C1=CC=CC1.O=C([O-])C(F)(F)F.O=C([O-])C(F)(F)F. The van der Waals surface area contributed by atoms with E-state index in [0.29, 0.717) is 18.5 Å². The number of aliphatic hydroxyl groups is 1. The highest BCUT2D eigenvalue weighted by atomic mass is 19.4. The smallest absolute Gasteiger partial charge is 0.430 e. The van der Waals surface area contributed by atoms with E-state index in [4.69, 9.17) is 43.5 Å². The molecule has 5 heterocycles. The molecule has 0 aromatic heterocycles. The first-order valence-electron chi connectivity index (χ1n) is 20.3. The van der Waals surface area contributed by atoms with E-state index < -0.39 is 72.5 Å². The summed E-state index contributed by atoms with van der Waals surface area (Å²) in [5.74, 6) is -8.73. The third-order valence-corrected chi connectivity index (χ3v) is 13.2. The molecular formula is C41H52F6N2O13. The number of fused-ring (bicyclic) bond motifs is 3. The molecule has 2 N–H and O–H groups in total. The number of carbonyl (C=O) groups is 5. The van der Waals surface area contributed by atoms with Crippen molar-refractivity contribution in [1.82, 2.24) is 0 Å². The summed E-state index contributed by atoms with van der Waals surface area (Å²) in [6.45, 7) is 14.2. The number of ether oxygens (including phenoxy) is 5. The highest BCUT2D eigenvalue weighted by Crippen LogP contribution is 2.61. The minimum atomic E-state index is -5.19. The molecule has 12 atom stereocenters. The Morgan fingerprint density at radius 3 is 2.11 bits per heavy atom. The van der Waals surface area contributed by atoms with E-state index in [9.17, 15) is 45.8 Å². The number of halogens is 6.